The Morgan fingerprint density at radius 2 is 0.897 bits per heavy atom. The van der Waals surface area contributed by atoms with Gasteiger partial charge in [-0.05, 0) is 25.0 Å². The molecule has 1 heterocycles. The van der Waals surface area contributed by atoms with Crippen molar-refractivity contribution in [1.29, 1.82) is 0 Å². The minimum absolute atomic E-state index is 0.121. The van der Waals surface area contributed by atoms with Crippen LogP contribution in [0.25, 0.3) is 0 Å². The van der Waals surface area contributed by atoms with Gasteiger partial charge in [0.05, 0.1) is 11.1 Å². The normalized spacial score (nSPS) is 13.3. The molecule has 0 aromatic heterocycles. The summed E-state index contributed by atoms with van der Waals surface area (Å²) in [6.45, 7) is 0.558. The van der Waals surface area contributed by atoms with Crippen LogP contribution in [0.2, 0.25) is 0 Å². The van der Waals surface area contributed by atoms with E-state index in [2.05, 4.69) is 15.9 Å². The Morgan fingerprint density at radius 3 is 1.28 bits per heavy atom. The number of halogens is 1. The number of carbonyl (C=O) groups is 2. The lowest BCUT2D eigenvalue weighted by Gasteiger charge is -2.13. The van der Waals surface area contributed by atoms with Crippen molar-refractivity contribution in [2.45, 2.75) is 96.3 Å². The molecule has 2 rings (SSSR count). The molecule has 1 aliphatic rings. The molecule has 1 aromatic rings. The summed E-state index contributed by atoms with van der Waals surface area (Å²) in [5, 5.41) is 1.15. The molecule has 0 aliphatic carbocycles. The van der Waals surface area contributed by atoms with E-state index in [1.165, 1.54) is 88.4 Å². The number of fused-ring (bicyclic) bond motifs is 1. The number of nitrogens with zero attached hydrogens (tertiary/aromatic N) is 1. The summed E-state index contributed by atoms with van der Waals surface area (Å²) in [6.07, 6.45) is 19.7. The van der Waals surface area contributed by atoms with Gasteiger partial charge in [-0.3, -0.25) is 14.5 Å². The molecule has 0 fully saturated rings. The number of imide groups is 1. The van der Waals surface area contributed by atoms with Crippen LogP contribution >= 0.6 is 15.9 Å². The number of amides is 2. The highest BCUT2D eigenvalue weighted by molar-refractivity contribution is 9.09. The van der Waals surface area contributed by atoms with Crippen molar-refractivity contribution >= 4 is 27.7 Å². The molecular formula is C25H38BrNO2. The van der Waals surface area contributed by atoms with Crippen molar-refractivity contribution in [3.05, 3.63) is 35.4 Å². The molecule has 3 nitrogen and oxygen atoms in total. The zero-order valence-electron chi connectivity index (χ0n) is 18.0. The van der Waals surface area contributed by atoms with Gasteiger partial charge in [-0.25, -0.2) is 0 Å². The molecule has 0 radical (unpaired) electrons. The summed E-state index contributed by atoms with van der Waals surface area (Å²) >= 11 is 3.49. The molecule has 0 saturated heterocycles. The molecule has 1 aliphatic heterocycles. The zero-order valence-corrected chi connectivity index (χ0v) is 19.6. The highest BCUT2D eigenvalue weighted by atomic mass is 79.9. The second kappa shape index (κ2) is 14.8. The zero-order chi connectivity index (χ0) is 20.7. The number of benzene rings is 1. The Balaban J connectivity index is 1.37. The van der Waals surface area contributed by atoms with Crippen molar-refractivity contribution < 1.29 is 9.59 Å². The fourth-order valence-corrected chi connectivity index (χ4v) is 4.50. The maximum absolute atomic E-state index is 12.3. The monoisotopic (exact) mass is 463 g/mol. The minimum Gasteiger partial charge on any atom is -0.274 e. The number of hydrogen-bond donors (Lipinski definition) is 0. The average molecular weight is 464 g/mol. The van der Waals surface area contributed by atoms with Gasteiger partial charge >= 0.3 is 0 Å². The number of alkyl halides is 1. The lowest BCUT2D eigenvalue weighted by Crippen LogP contribution is -2.30. The van der Waals surface area contributed by atoms with Crippen molar-refractivity contribution in [2.24, 2.45) is 0 Å². The lowest BCUT2D eigenvalue weighted by molar-refractivity contribution is 0.0651. The molecule has 2 amide bonds. The first-order valence-corrected chi connectivity index (χ1v) is 12.9. The first-order valence-electron chi connectivity index (χ1n) is 11.8. The van der Waals surface area contributed by atoms with Crippen LogP contribution in [0.4, 0.5) is 0 Å². The van der Waals surface area contributed by atoms with Crippen LogP contribution in [0.15, 0.2) is 24.3 Å². The highest BCUT2D eigenvalue weighted by Crippen LogP contribution is 2.23. The predicted molar refractivity (Wildman–Crippen MR) is 125 cm³/mol. The molecule has 0 unspecified atom stereocenters. The predicted octanol–water partition coefficient (Wildman–Crippen LogP) is 7.53. The van der Waals surface area contributed by atoms with E-state index in [-0.39, 0.29) is 11.8 Å². The van der Waals surface area contributed by atoms with E-state index in [0.717, 1.165) is 18.2 Å². The smallest absolute Gasteiger partial charge is 0.261 e. The topological polar surface area (TPSA) is 37.4 Å². The summed E-state index contributed by atoms with van der Waals surface area (Å²) < 4.78 is 0. The van der Waals surface area contributed by atoms with Crippen LogP contribution in [0.1, 0.15) is 117 Å². The van der Waals surface area contributed by atoms with E-state index < -0.39 is 0 Å². The van der Waals surface area contributed by atoms with Gasteiger partial charge in [-0.2, -0.15) is 0 Å². The number of hydrogen-bond acceptors (Lipinski definition) is 2. The van der Waals surface area contributed by atoms with E-state index in [9.17, 15) is 9.59 Å². The molecule has 0 N–H and O–H groups in total. The summed E-state index contributed by atoms with van der Waals surface area (Å²) in [4.78, 5) is 26.0. The van der Waals surface area contributed by atoms with Gasteiger partial charge in [-0.1, -0.05) is 112 Å². The first kappa shape index (κ1) is 24.1. The fraction of sp³-hybridized carbons (Fsp3) is 0.680. The van der Waals surface area contributed by atoms with Gasteiger partial charge in [0.15, 0.2) is 0 Å². The van der Waals surface area contributed by atoms with Crippen LogP contribution < -0.4 is 0 Å². The second-order valence-electron chi connectivity index (χ2n) is 8.30. The van der Waals surface area contributed by atoms with E-state index in [4.69, 9.17) is 0 Å². The van der Waals surface area contributed by atoms with Crippen LogP contribution in [-0.4, -0.2) is 28.6 Å². The summed E-state index contributed by atoms with van der Waals surface area (Å²) in [5.41, 5.74) is 1.12. The third-order valence-corrected chi connectivity index (χ3v) is 6.45. The van der Waals surface area contributed by atoms with Crippen LogP contribution in [0.5, 0.6) is 0 Å². The van der Waals surface area contributed by atoms with Gasteiger partial charge in [0, 0.05) is 11.9 Å². The maximum Gasteiger partial charge on any atom is 0.261 e. The van der Waals surface area contributed by atoms with E-state index in [1.54, 1.807) is 12.1 Å². The number of unbranched alkanes of at least 4 members (excludes halogenated alkanes) is 14. The van der Waals surface area contributed by atoms with E-state index in [0.29, 0.717) is 17.7 Å². The molecule has 0 saturated carbocycles. The quantitative estimate of drug-likeness (QED) is 0.136. The van der Waals surface area contributed by atoms with Crippen molar-refractivity contribution in [2.75, 3.05) is 11.9 Å². The Kier molecular flexibility index (Phi) is 12.3. The summed E-state index contributed by atoms with van der Waals surface area (Å²) in [6, 6.07) is 7.14. The van der Waals surface area contributed by atoms with Gasteiger partial charge in [0.25, 0.3) is 11.8 Å². The average Bonchev–Trinajstić information content (AvgIpc) is 2.98. The number of rotatable bonds is 17. The third-order valence-electron chi connectivity index (χ3n) is 5.89. The van der Waals surface area contributed by atoms with Crippen molar-refractivity contribution in [1.82, 2.24) is 4.90 Å². The molecule has 29 heavy (non-hydrogen) atoms. The lowest BCUT2D eigenvalue weighted by atomic mass is 10.0. The fourth-order valence-electron chi connectivity index (χ4n) is 4.10. The Morgan fingerprint density at radius 1 is 0.552 bits per heavy atom. The number of carbonyl (C=O) groups excluding carboxylic acids is 2. The van der Waals surface area contributed by atoms with Crippen LogP contribution in [-0.2, 0) is 0 Å². The van der Waals surface area contributed by atoms with Crippen LogP contribution in [0.3, 0.4) is 0 Å². The molecule has 0 spiro atoms. The SMILES string of the molecule is O=C1c2ccccc2C(=O)N1CCCCCCCCCCCCCCCCCBr. The molecule has 1 aromatic carbocycles. The molecule has 4 heteroatoms. The summed E-state index contributed by atoms with van der Waals surface area (Å²) in [5.74, 6) is -0.242. The van der Waals surface area contributed by atoms with E-state index in [1.807, 2.05) is 12.1 Å². The second-order valence-corrected chi connectivity index (χ2v) is 9.09. The van der Waals surface area contributed by atoms with Gasteiger partial charge in [0.2, 0.25) is 0 Å². The molecular weight excluding hydrogens is 426 g/mol. The van der Waals surface area contributed by atoms with E-state index >= 15 is 0 Å². The Hall–Kier alpha value is -1.16. The third kappa shape index (κ3) is 8.62. The maximum atomic E-state index is 12.3. The Labute approximate surface area is 185 Å². The standard InChI is InChI=1S/C25H38BrNO2/c26-20-16-12-10-8-6-4-2-1-3-5-7-9-11-13-17-21-27-24(28)22-18-14-15-19-23(22)25(27)29/h14-15,18-19H,1-13,16-17,20-21H2. The van der Waals surface area contributed by atoms with Gasteiger partial charge in [0.1, 0.15) is 0 Å². The van der Waals surface area contributed by atoms with Crippen molar-refractivity contribution in [3.8, 4) is 0 Å². The van der Waals surface area contributed by atoms with Crippen LogP contribution in [0, 0.1) is 0 Å². The minimum atomic E-state index is -0.121. The van der Waals surface area contributed by atoms with Crippen molar-refractivity contribution in [3.63, 3.8) is 0 Å². The van der Waals surface area contributed by atoms with Gasteiger partial charge < -0.3 is 0 Å². The Bertz CT molecular complexity index is 582. The highest BCUT2D eigenvalue weighted by Gasteiger charge is 2.34. The summed E-state index contributed by atoms with van der Waals surface area (Å²) in [7, 11) is 0. The first-order chi connectivity index (χ1) is 14.3. The molecule has 0 bridgehead atoms. The molecule has 0 atom stereocenters. The molecule has 162 valence electrons. The largest absolute Gasteiger partial charge is 0.274 e. The van der Waals surface area contributed by atoms with Gasteiger partial charge in [-0.15, -0.1) is 0 Å².